The standard InChI is InChI=1S/C23H22ClN3O5/c1-14-5-10-19-20(11-14)23(30)26(22(19)29)25(13-15-6-8-17(24)9-7-15)21(28)16-3-2-4-18(12-16)27(31)32/h2-4,6-9,12,14,19-20H,5,10-11,13H2,1H3/t14-,19+,20-/m1/s1. The number of benzene rings is 2. The Labute approximate surface area is 189 Å². The van der Waals surface area contributed by atoms with Gasteiger partial charge >= 0.3 is 0 Å². The van der Waals surface area contributed by atoms with Crippen molar-refractivity contribution in [2.45, 2.75) is 32.7 Å². The maximum atomic E-state index is 13.5. The third kappa shape index (κ3) is 4.10. The molecule has 1 aliphatic carbocycles. The van der Waals surface area contributed by atoms with Crippen molar-refractivity contribution in [2.75, 3.05) is 0 Å². The summed E-state index contributed by atoms with van der Waals surface area (Å²) >= 11 is 5.96. The number of nitro benzene ring substituents is 1. The molecule has 3 amide bonds. The Bertz CT molecular complexity index is 1090. The van der Waals surface area contributed by atoms with Crippen molar-refractivity contribution in [3.8, 4) is 0 Å². The van der Waals surface area contributed by atoms with Crippen LogP contribution in [0.4, 0.5) is 5.69 Å². The lowest BCUT2D eigenvalue weighted by atomic mass is 9.76. The van der Waals surface area contributed by atoms with Crippen LogP contribution >= 0.6 is 11.6 Å². The Morgan fingerprint density at radius 3 is 2.50 bits per heavy atom. The molecule has 3 atom stereocenters. The first kappa shape index (κ1) is 22.0. The van der Waals surface area contributed by atoms with Crippen molar-refractivity contribution in [1.82, 2.24) is 10.0 Å². The van der Waals surface area contributed by atoms with Crippen molar-refractivity contribution in [3.63, 3.8) is 0 Å². The average molecular weight is 456 g/mol. The normalized spacial score (nSPS) is 22.6. The summed E-state index contributed by atoms with van der Waals surface area (Å²) in [6, 6.07) is 12.0. The van der Waals surface area contributed by atoms with Gasteiger partial charge < -0.3 is 0 Å². The van der Waals surface area contributed by atoms with Gasteiger partial charge in [-0.05, 0) is 48.9 Å². The summed E-state index contributed by atoms with van der Waals surface area (Å²) in [6.07, 6.45) is 2.06. The number of nitro groups is 1. The van der Waals surface area contributed by atoms with Crippen molar-refractivity contribution in [1.29, 1.82) is 0 Å². The van der Waals surface area contributed by atoms with E-state index in [4.69, 9.17) is 11.6 Å². The predicted molar refractivity (Wildman–Crippen MR) is 116 cm³/mol. The summed E-state index contributed by atoms with van der Waals surface area (Å²) in [5.41, 5.74) is 0.442. The molecule has 8 nitrogen and oxygen atoms in total. The summed E-state index contributed by atoms with van der Waals surface area (Å²) in [5.74, 6) is -2.00. The van der Waals surface area contributed by atoms with Crippen molar-refractivity contribution in [3.05, 3.63) is 74.8 Å². The Kier molecular flexibility index (Phi) is 5.97. The molecular weight excluding hydrogens is 434 g/mol. The molecule has 0 spiro atoms. The van der Waals surface area contributed by atoms with Crippen LogP contribution in [0.1, 0.15) is 42.1 Å². The zero-order chi connectivity index (χ0) is 23.0. The van der Waals surface area contributed by atoms with Crippen LogP contribution in [0.3, 0.4) is 0 Å². The van der Waals surface area contributed by atoms with E-state index in [9.17, 15) is 24.5 Å². The van der Waals surface area contributed by atoms with Crippen LogP contribution in [0, 0.1) is 27.9 Å². The first-order valence-corrected chi connectivity index (χ1v) is 10.8. The molecule has 2 aromatic rings. The summed E-state index contributed by atoms with van der Waals surface area (Å²) in [5, 5.41) is 13.8. The summed E-state index contributed by atoms with van der Waals surface area (Å²) in [7, 11) is 0. The quantitative estimate of drug-likeness (QED) is 0.381. The van der Waals surface area contributed by atoms with E-state index in [2.05, 4.69) is 6.92 Å². The molecule has 166 valence electrons. The maximum absolute atomic E-state index is 13.5. The predicted octanol–water partition coefficient (Wildman–Crippen LogP) is 4.23. The number of hydrogen-bond acceptors (Lipinski definition) is 5. The molecule has 1 aliphatic heterocycles. The second kappa shape index (κ2) is 8.70. The van der Waals surface area contributed by atoms with Gasteiger partial charge in [0.25, 0.3) is 23.4 Å². The van der Waals surface area contributed by atoms with Crippen molar-refractivity contribution in [2.24, 2.45) is 17.8 Å². The van der Waals surface area contributed by atoms with E-state index >= 15 is 0 Å². The fourth-order valence-corrected chi connectivity index (χ4v) is 4.63. The van der Waals surface area contributed by atoms with E-state index in [-0.39, 0.29) is 29.6 Å². The molecule has 32 heavy (non-hydrogen) atoms. The molecule has 2 aromatic carbocycles. The average Bonchev–Trinajstić information content (AvgIpc) is 3.02. The minimum Gasteiger partial charge on any atom is -0.272 e. The fraction of sp³-hybridized carbons (Fsp3) is 0.348. The number of amides is 3. The Hall–Kier alpha value is -3.26. The molecule has 0 unspecified atom stereocenters. The van der Waals surface area contributed by atoms with E-state index in [0.717, 1.165) is 22.5 Å². The van der Waals surface area contributed by atoms with Gasteiger partial charge in [0.05, 0.1) is 23.3 Å². The lowest BCUT2D eigenvalue weighted by molar-refractivity contribution is -0.384. The van der Waals surface area contributed by atoms with E-state index in [0.29, 0.717) is 29.3 Å². The summed E-state index contributed by atoms with van der Waals surface area (Å²) in [4.78, 5) is 50.6. The van der Waals surface area contributed by atoms with Crippen LogP contribution in [0.15, 0.2) is 48.5 Å². The highest BCUT2D eigenvalue weighted by atomic mass is 35.5. The minimum atomic E-state index is -0.656. The molecule has 2 aliphatic rings. The number of hydrogen-bond donors (Lipinski definition) is 0. The number of fused-ring (bicyclic) bond motifs is 1. The molecule has 1 saturated heterocycles. The number of nitrogens with zero attached hydrogens (tertiary/aromatic N) is 3. The van der Waals surface area contributed by atoms with E-state index < -0.39 is 22.7 Å². The lowest BCUT2D eigenvalue weighted by Crippen LogP contribution is -2.49. The van der Waals surface area contributed by atoms with Gasteiger partial charge in [-0.25, -0.2) is 5.01 Å². The topological polar surface area (TPSA) is 101 Å². The Morgan fingerprint density at radius 2 is 1.81 bits per heavy atom. The molecule has 2 fully saturated rings. The highest BCUT2D eigenvalue weighted by Gasteiger charge is 2.52. The lowest BCUT2D eigenvalue weighted by Gasteiger charge is -2.30. The van der Waals surface area contributed by atoms with Gasteiger partial charge in [-0.2, -0.15) is 5.01 Å². The Morgan fingerprint density at radius 1 is 1.12 bits per heavy atom. The van der Waals surface area contributed by atoms with Gasteiger partial charge in [-0.1, -0.05) is 36.7 Å². The van der Waals surface area contributed by atoms with Crippen LogP contribution in [-0.2, 0) is 16.1 Å². The minimum absolute atomic E-state index is 0.0250. The van der Waals surface area contributed by atoms with Crippen molar-refractivity contribution < 1.29 is 19.3 Å². The first-order chi connectivity index (χ1) is 15.3. The van der Waals surface area contributed by atoms with Crippen LogP contribution in [0.5, 0.6) is 0 Å². The smallest absolute Gasteiger partial charge is 0.272 e. The van der Waals surface area contributed by atoms with E-state index in [1.165, 1.54) is 18.2 Å². The van der Waals surface area contributed by atoms with Gasteiger partial charge in [0.2, 0.25) is 0 Å². The van der Waals surface area contributed by atoms with Crippen LogP contribution < -0.4 is 0 Å². The zero-order valence-corrected chi connectivity index (χ0v) is 18.2. The largest absolute Gasteiger partial charge is 0.273 e. The molecule has 0 radical (unpaired) electrons. The number of hydrazine groups is 1. The van der Waals surface area contributed by atoms with Gasteiger partial charge in [-0.3, -0.25) is 24.5 Å². The molecule has 1 saturated carbocycles. The van der Waals surface area contributed by atoms with Crippen molar-refractivity contribution >= 4 is 35.0 Å². The molecule has 0 N–H and O–H groups in total. The van der Waals surface area contributed by atoms with E-state index in [1.807, 2.05) is 0 Å². The van der Waals surface area contributed by atoms with Crippen LogP contribution in [-0.4, -0.2) is 32.7 Å². The maximum Gasteiger partial charge on any atom is 0.273 e. The molecule has 4 rings (SSSR count). The number of imide groups is 1. The SMILES string of the molecule is C[C@@H]1CC[C@@H]2C(=O)N(N(Cc3ccc(Cl)cc3)C(=O)c3cccc([N+](=O)[O-])c3)C(=O)[C@@H]2C1. The third-order valence-corrected chi connectivity index (χ3v) is 6.44. The fourth-order valence-electron chi connectivity index (χ4n) is 4.51. The molecule has 0 aromatic heterocycles. The monoisotopic (exact) mass is 455 g/mol. The van der Waals surface area contributed by atoms with E-state index in [1.54, 1.807) is 24.3 Å². The molecular formula is C23H22ClN3O5. The molecule has 9 heteroatoms. The zero-order valence-electron chi connectivity index (χ0n) is 17.4. The highest BCUT2D eigenvalue weighted by molar-refractivity contribution is 6.30. The van der Waals surface area contributed by atoms with Crippen LogP contribution in [0.25, 0.3) is 0 Å². The second-order valence-electron chi connectivity index (χ2n) is 8.42. The Balaban J connectivity index is 1.72. The molecule has 0 bridgehead atoms. The third-order valence-electron chi connectivity index (χ3n) is 6.19. The second-order valence-corrected chi connectivity index (χ2v) is 8.85. The van der Waals surface area contributed by atoms with Gasteiger partial charge in [-0.15, -0.1) is 0 Å². The number of carbonyl (C=O) groups is 3. The van der Waals surface area contributed by atoms with Gasteiger partial charge in [0, 0.05) is 22.7 Å². The van der Waals surface area contributed by atoms with Gasteiger partial charge in [0.1, 0.15) is 0 Å². The number of non-ortho nitro benzene ring substituents is 1. The summed E-state index contributed by atoms with van der Waals surface area (Å²) < 4.78 is 0. The molecule has 1 heterocycles. The number of rotatable bonds is 5. The number of halogens is 1. The van der Waals surface area contributed by atoms with Crippen LogP contribution in [0.2, 0.25) is 5.02 Å². The number of carbonyl (C=O) groups excluding carboxylic acids is 3. The highest BCUT2D eigenvalue weighted by Crippen LogP contribution is 2.41. The van der Waals surface area contributed by atoms with Gasteiger partial charge in [0.15, 0.2) is 0 Å². The first-order valence-electron chi connectivity index (χ1n) is 10.4. The summed E-state index contributed by atoms with van der Waals surface area (Å²) in [6.45, 7) is 2.00.